The zero-order valence-corrected chi connectivity index (χ0v) is 12.6. The molecule has 1 N–H and O–H groups in total. The van der Waals surface area contributed by atoms with Gasteiger partial charge in [-0.2, -0.15) is 0 Å². The number of rotatable bonds is 4. The van der Waals surface area contributed by atoms with E-state index in [2.05, 4.69) is 4.72 Å². The number of hydrogen-bond donors (Lipinski definition) is 1. The smallest absolute Gasteiger partial charge is 0.258 e. The molecule has 0 unspecified atom stereocenters. The van der Waals surface area contributed by atoms with Gasteiger partial charge >= 0.3 is 0 Å². The second kappa shape index (κ2) is 5.06. The molecule has 2 aliphatic carbocycles. The van der Waals surface area contributed by atoms with Gasteiger partial charge in [0.25, 0.3) is 5.69 Å². The molecule has 2 saturated carbocycles. The zero-order chi connectivity index (χ0) is 15.2. The van der Waals surface area contributed by atoms with Crippen LogP contribution in [0.1, 0.15) is 31.2 Å². The molecular formula is C14H18N2O4S. The summed E-state index contributed by atoms with van der Waals surface area (Å²) in [5.74, 6) is 1.06. The molecule has 0 heterocycles. The molecule has 2 bridgehead atoms. The molecule has 2 fully saturated rings. The summed E-state index contributed by atoms with van der Waals surface area (Å²) in [4.78, 5) is 10.4. The van der Waals surface area contributed by atoms with Crippen molar-refractivity contribution in [2.45, 2.75) is 43.5 Å². The highest BCUT2D eigenvalue weighted by Gasteiger charge is 2.41. The molecule has 3 atom stereocenters. The van der Waals surface area contributed by atoms with Gasteiger partial charge < -0.3 is 0 Å². The van der Waals surface area contributed by atoms with Crippen molar-refractivity contribution < 1.29 is 13.3 Å². The van der Waals surface area contributed by atoms with Crippen molar-refractivity contribution in [2.24, 2.45) is 11.8 Å². The van der Waals surface area contributed by atoms with Gasteiger partial charge in [-0.25, -0.2) is 13.1 Å². The van der Waals surface area contributed by atoms with E-state index >= 15 is 0 Å². The molecule has 114 valence electrons. The maximum Gasteiger partial charge on any atom is 0.273 e. The first-order chi connectivity index (χ1) is 9.87. The number of sulfonamides is 1. The van der Waals surface area contributed by atoms with E-state index in [1.165, 1.54) is 18.6 Å². The number of hydrogen-bond acceptors (Lipinski definition) is 4. The Bertz CT molecular complexity index is 686. The first kappa shape index (κ1) is 14.5. The van der Waals surface area contributed by atoms with Crippen molar-refractivity contribution in [3.8, 4) is 0 Å². The van der Waals surface area contributed by atoms with Crippen LogP contribution >= 0.6 is 0 Å². The van der Waals surface area contributed by atoms with Gasteiger partial charge in [-0.05, 0) is 44.1 Å². The normalized spacial score (nSPS) is 28.0. The largest absolute Gasteiger partial charge is 0.273 e. The summed E-state index contributed by atoms with van der Waals surface area (Å²) in [6, 6.07) is 4.03. The Morgan fingerprint density at radius 2 is 2.05 bits per heavy atom. The molecule has 0 radical (unpaired) electrons. The molecule has 3 rings (SSSR count). The van der Waals surface area contributed by atoms with E-state index in [1.54, 1.807) is 6.92 Å². The number of nitro benzene ring substituents is 1. The average molecular weight is 310 g/mol. The number of nitrogens with zero attached hydrogens (tertiary/aromatic N) is 1. The lowest BCUT2D eigenvalue weighted by Crippen LogP contribution is -2.38. The van der Waals surface area contributed by atoms with Crippen LogP contribution in [0.3, 0.4) is 0 Å². The minimum Gasteiger partial charge on any atom is -0.258 e. The predicted octanol–water partition coefficient (Wildman–Crippen LogP) is 2.37. The molecule has 0 amide bonds. The van der Waals surface area contributed by atoms with Crippen LogP contribution in [0, 0.1) is 28.9 Å². The third-order valence-corrected chi connectivity index (χ3v) is 6.22. The Labute approximate surface area is 123 Å². The zero-order valence-electron chi connectivity index (χ0n) is 11.8. The second-order valence-electron chi connectivity index (χ2n) is 6.11. The monoisotopic (exact) mass is 310 g/mol. The van der Waals surface area contributed by atoms with Gasteiger partial charge in [0.05, 0.1) is 9.82 Å². The number of nitro groups is 1. The topological polar surface area (TPSA) is 89.3 Å². The third-order valence-electron chi connectivity index (χ3n) is 4.73. The van der Waals surface area contributed by atoms with Crippen LogP contribution in [-0.4, -0.2) is 19.4 Å². The van der Waals surface area contributed by atoms with Crippen molar-refractivity contribution in [2.75, 3.05) is 0 Å². The first-order valence-electron chi connectivity index (χ1n) is 7.14. The highest BCUT2D eigenvalue weighted by molar-refractivity contribution is 7.89. The van der Waals surface area contributed by atoms with Crippen LogP contribution in [-0.2, 0) is 10.0 Å². The molecule has 6 nitrogen and oxygen atoms in total. The van der Waals surface area contributed by atoms with Crippen molar-refractivity contribution >= 4 is 15.7 Å². The Balaban J connectivity index is 1.85. The highest BCUT2D eigenvalue weighted by atomic mass is 32.2. The fourth-order valence-electron chi connectivity index (χ4n) is 3.61. The molecule has 0 aromatic heterocycles. The standard InChI is InChI=1S/C14H18N2O4S/c1-9-2-5-12(8-14(9)16(17)18)21(19,20)15-13-7-10-3-4-11(13)6-10/h2,5,8,10-11,13,15H,3-4,6-7H2,1H3/t10-,11-,13-/m1/s1. The number of nitrogens with one attached hydrogen (secondary N) is 1. The van der Waals surface area contributed by atoms with E-state index in [0.717, 1.165) is 25.3 Å². The molecule has 1 aromatic carbocycles. The Hall–Kier alpha value is -1.47. The van der Waals surface area contributed by atoms with E-state index in [1.807, 2.05) is 0 Å². The van der Waals surface area contributed by atoms with Gasteiger partial charge in [-0.1, -0.05) is 12.5 Å². The van der Waals surface area contributed by atoms with Gasteiger partial charge in [-0.3, -0.25) is 10.1 Å². The van der Waals surface area contributed by atoms with Crippen molar-refractivity contribution in [1.29, 1.82) is 0 Å². The Kier molecular flexibility index (Phi) is 3.49. The summed E-state index contributed by atoms with van der Waals surface area (Å²) in [5, 5.41) is 10.9. The summed E-state index contributed by atoms with van der Waals surface area (Å²) in [7, 11) is -3.69. The van der Waals surface area contributed by atoms with E-state index in [0.29, 0.717) is 17.4 Å². The highest BCUT2D eigenvalue weighted by Crippen LogP contribution is 2.44. The van der Waals surface area contributed by atoms with Crippen LogP contribution in [0.5, 0.6) is 0 Å². The summed E-state index contributed by atoms with van der Waals surface area (Å²) in [5.41, 5.74) is 0.296. The van der Waals surface area contributed by atoms with Crippen molar-refractivity contribution in [3.05, 3.63) is 33.9 Å². The second-order valence-corrected chi connectivity index (χ2v) is 7.82. The lowest BCUT2D eigenvalue weighted by molar-refractivity contribution is -0.385. The van der Waals surface area contributed by atoms with Crippen LogP contribution < -0.4 is 4.72 Å². The summed E-state index contributed by atoms with van der Waals surface area (Å²) in [6.07, 6.45) is 4.25. The quantitative estimate of drug-likeness (QED) is 0.683. The average Bonchev–Trinajstić information content (AvgIpc) is 3.00. The van der Waals surface area contributed by atoms with E-state index < -0.39 is 14.9 Å². The fourth-order valence-corrected chi connectivity index (χ4v) is 4.95. The number of fused-ring (bicyclic) bond motifs is 2. The maximum absolute atomic E-state index is 12.4. The molecule has 0 saturated heterocycles. The van der Waals surface area contributed by atoms with Gasteiger partial charge in [-0.15, -0.1) is 0 Å². The SMILES string of the molecule is Cc1ccc(S(=O)(=O)N[C@@H]2C[C@@H]3CC[C@@H]2C3)cc1[N+](=O)[O-]. The summed E-state index contributed by atoms with van der Waals surface area (Å²) >= 11 is 0. The fraction of sp³-hybridized carbons (Fsp3) is 0.571. The van der Waals surface area contributed by atoms with E-state index in [-0.39, 0.29) is 16.6 Å². The van der Waals surface area contributed by atoms with E-state index in [4.69, 9.17) is 0 Å². The first-order valence-corrected chi connectivity index (χ1v) is 8.62. The predicted molar refractivity (Wildman–Crippen MR) is 77.4 cm³/mol. The number of aryl methyl sites for hydroxylation is 1. The molecule has 0 aliphatic heterocycles. The molecule has 0 spiro atoms. The number of benzene rings is 1. The van der Waals surface area contributed by atoms with Crippen LogP contribution in [0.4, 0.5) is 5.69 Å². The minimum atomic E-state index is -3.69. The van der Waals surface area contributed by atoms with Gasteiger partial charge in [0.15, 0.2) is 0 Å². The molecule has 2 aliphatic rings. The van der Waals surface area contributed by atoms with Crippen molar-refractivity contribution in [3.63, 3.8) is 0 Å². The minimum absolute atomic E-state index is 0.0193. The lowest BCUT2D eigenvalue weighted by Gasteiger charge is -2.22. The maximum atomic E-state index is 12.4. The van der Waals surface area contributed by atoms with Gasteiger partial charge in [0.2, 0.25) is 10.0 Å². The van der Waals surface area contributed by atoms with Crippen LogP contribution in [0.25, 0.3) is 0 Å². The molecule has 21 heavy (non-hydrogen) atoms. The third kappa shape index (κ3) is 2.67. The van der Waals surface area contributed by atoms with Crippen LogP contribution in [0.2, 0.25) is 0 Å². The molecule has 1 aromatic rings. The van der Waals surface area contributed by atoms with Crippen LogP contribution in [0.15, 0.2) is 23.1 Å². The Morgan fingerprint density at radius 1 is 1.29 bits per heavy atom. The molecular weight excluding hydrogens is 292 g/mol. The summed E-state index contributed by atoms with van der Waals surface area (Å²) in [6.45, 7) is 1.60. The Morgan fingerprint density at radius 3 is 2.62 bits per heavy atom. The molecule has 7 heteroatoms. The van der Waals surface area contributed by atoms with Gasteiger partial charge in [0, 0.05) is 17.7 Å². The summed E-state index contributed by atoms with van der Waals surface area (Å²) < 4.78 is 27.6. The van der Waals surface area contributed by atoms with Gasteiger partial charge in [0.1, 0.15) is 0 Å². The lowest BCUT2D eigenvalue weighted by atomic mass is 9.96. The van der Waals surface area contributed by atoms with E-state index in [9.17, 15) is 18.5 Å². The van der Waals surface area contributed by atoms with Crippen molar-refractivity contribution in [1.82, 2.24) is 4.72 Å².